The molecule has 1 heterocycles. The first-order valence-electron chi connectivity index (χ1n) is 7.52. The predicted octanol–water partition coefficient (Wildman–Crippen LogP) is 2.35. The molecule has 4 heteroatoms. The molecule has 1 atom stereocenters. The van der Waals surface area contributed by atoms with Crippen LogP contribution in [0.15, 0.2) is 24.3 Å². The van der Waals surface area contributed by atoms with E-state index >= 15 is 0 Å². The zero-order valence-corrected chi connectivity index (χ0v) is 12.3. The Hall–Kier alpha value is -1.39. The molecule has 2 rings (SSSR count). The second-order valence-electron chi connectivity index (χ2n) is 5.54. The fourth-order valence-corrected chi connectivity index (χ4v) is 2.80. The molecule has 1 aromatic carbocycles. The van der Waals surface area contributed by atoms with Gasteiger partial charge in [-0.15, -0.1) is 0 Å². The lowest BCUT2D eigenvalue weighted by Gasteiger charge is -2.20. The van der Waals surface area contributed by atoms with Crippen LogP contribution in [0.4, 0.5) is 5.69 Å². The molecule has 1 fully saturated rings. The maximum Gasteiger partial charge on any atom is 0.224 e. The van der Waals surface area contributed by atoms with E-state index in [4.69, 9.17) is 5.73 Å². The topological polar surface area (TPSA) is 58.4 Å². The molecule has 1 saturated heterocycles. The molecule has 0 bridgehead atoms. The predicted molar refractivity (Wildman–Crippen MR) is 82.5 cm³/mol. The number of benzene rings is 1. The molecule has 1 aliphatic heterocycles. The van der Waals surface area contributed by atoms with E-state index in [1.807, 2.05) is 24.3 Å². The van der Waals surface area contributed by atoms with Gasteiger partial charge in [0.15, 0.2) is 0 Å². The fraction of sp³-hybridized carbons (Fsp3) is 0.562. The summed E-state index contributed by atoms with van der Waals surface area (Å²) in [7, 11) is 0. The van der Waals surface area contributed by atoms with Crippen LogP contribution in [0.3, 0.4) is 0 Å². The van der Waals surface area contributed by atoms with E-state index in [2.05, 4.69) is 17.1 Å². The number of likely N-dealkylation sites (tertiary alicyclic amines) is 1. The van der Waals surface area contributed by atoms with Gasteiger partial charge in [0.25, 0.3) is 0 Å². The molecular weight excluding hydrogens is 250 g/mol. The van der Waals surface area contributed by atoms with E-state index in [0.717, 1.165) is 24.2 Å². The Morgan fingerprint density at radius 3 is 2.95 bits per heavy atom. The van der Waals surface area contributed by atoms with Gasteiger partial charge < -0.3 is 16.0 Å². The van der Waals surface area contributed by atoms with Crippen molar-refractivity contribution in [3.63, 3.8) is 0 Å². The molecule has 0 aromatic heterocycles. The first kappa shape index (κ1) is 15.0. The summed E-state index contributed by atoms with van der Waals surface area (Å²) >= 11 is 0. The maximum atomic E-state index is 12.0. The molecule has 0 saturated carbocycles. The van der Waals surface area contributed by atoms with Crippen molar-refractivity contribution in [2.24, 2.45) is 5.73 Å². The summed E-state index contributed by atoms with van der Waals surface area (Å²) in [5.74, 6) is 0.0813. The van der Waals surface area contributed by atoms with Gasteiger partial charge in [-0.2, -0.15) is 0 Å². The lowest BCUT2D eigenvalue weighted by atomic mass is 10.1. The van der Waals surface area contributed by atoms with Crippen LogP contribution in [0.2, 0.25) is 0 Å². The molecule has 3 N–H and O–H groups in total. The van der Waals surface area contributed by atoms with Gasteiger partial charge in [-0.1, -0.05) is 18.2 Å². The standard InChI is InChI=1S/C16H25N3O/c1-13-6-4-10-19(13)11-5-9-16(20)18-15-8-3-2-7-14(15)12-17/h2-3,7-8,13H,4-6,9-12,17H2,1H3,(H,18,20). The average Bonchev–Trinajstić information content (AvgIpc) is 2.85. The van der Waals surface area contributed by atoms with Gasteiger partial charge >= 0.3 is 0 Å². The van der Waals surface area contributed by atoms with Gasteiger partial charge in [0.1, 0.15) is 0 Å². The molecule has 0 spiro atoms. The molecule has 1 amide bonds. The number of hydrogen-bond donors (Lipinski definition) is 2. The monoisotopic (exact) mass is 275 g/mol. The lowest BCUT2D eigenvalue weighted by molar-refractivity contribution is -0.116. The molecule has 110 valence electrons. The van der Waals surface area contributed by atoms with Crippen LogP contribution in [-0.2, 0) is 11.3 Å². The number of carbonyl (C=O) groups is 1. The third-order valence-electron chi connectivity index (χ3n) is 4.05. The van der Waals surface area contributed by atoms with E-state index in [0.29, 0.717) is 19.0 Å². The first-order chi connectivity index (χ1) is 9.70. The number of nitrogens with zero attached hydrogens (tertiary/aromatic N) is 1. The number of hydrogen-bond acceptors (Lipinski definition) is 3. The van der Waals surface area contributed by atoms with Crippen molar-refractivity contribution in [3.8, 4) is 0 Å². The lowest BCUT2D eigenvalue weighted by Crippen LogP contribution is -2.28. The van der Waals surface area contributed by atoms with Crippen molar-refractivity contribution >= 4 is 11.6 Å². The van der Waals surface area contributed by atoms with E-state index in [1.54, 1.807) is 0 Å². The van der Waals surface area contributed by atoms with Crippen LogP contribution < -0.4 is 11.1 Å². The molecule has 0 radical (unpaired) electrons. The minimum atomic E-state index is 0.0813. The Balaban J connectivity index is 1.75. The molecule has 1 aromatic rings. The quantitative estimate of drug-likeness (QED) is 0.838. The third-order valence-corrected chi connectivity index (χ3v) is 4.05. The Morgan fingerprint density at radius 2 is 2.25 bits per heavy atom. The van der Waals surface area contributed by atoms with Gasteiger partial charge in [0, 0.05) is 24.7 Å². The van der Waals surface area contributed by atoms with Crippen molar-refractivity contribution in [2.45, 2.75) is 45.2 Å². The minimum absolute atomic E-state index is 0.0813. The Kier molecular flexibility index (Phi) is 5.56. The van der Waals surface area contributed by atoms with Crippen LogP contribution in [0.5, 0.6) is 0 Å². The smallest absolute Gasteiger partial charge is 0.224 e. The van der Waals surface area contributed by atoms with Gasteiger partial charge in [0.05, 0.1) is 0 Å². The zero-order chi connectivity index (χ0) is 14.4. The number of nitrogens with two attached hydrogens (primary N) is 1. The minimum Gasteiger partial charge on any atom is -0.326 e. The maximum absolute atomic E-state index is 12.0. The highest BCUT2D eigenvalue weighted by Crippen LogP contribution is 2.17. The number of carbonyl (C=O) groups excluding carboxylic acids is 1. The largest absolute Gasteiger partial charge is 0.326 e. The average molecular weight is 275 g/mol. The highest BCUT2D eigenvalue weighted by atomic mass is 16.1. The van der Waals surface area contributed by atoms with Gasteiger partial charge in [0.2, 0.25) is 5.91 Å². The summed E-state index contributed by atoms with van der Waals surface area (Å²) < 4.78 is 0. The number of para-hydroxylation sites is 1. The summed E-state index contributed by atoms with van der Waals surface area (Å²) in [5, 5.41) is 2.96. The Morgan fingerprint density at radius 1 is 1.45 bits per heavy atom. The van der Waals surface area contributed by atoms with Crippen LogP contribution >= 0.6 is 0 Å². The van der Waals surface area contributed by atoms with Crippen molar-refractivity contribution in [2.75, 3.05) is 18.4 Å². The molecule has 20 heavy (non-hydrogen) atoms. The van der Waals surface area contributed by atoms with E-state index in [1.165, 1.54) is 19.4 Å². The van der Waals surface area contributed by atoms with Crippen molar-refractivity contribution < 1.29 is 4.79 Å². The second-order valence-corrected chi connectivity index (χ2v) is 5.54. The van der Waals surface area contributed by atoms with Crippen molar-refractivity contribution in [3.05, 3.63) is 29.8 Å². The summed E-state index contributed by atoms with van der Waals surface area (Å²) in [4.78, 5) is 14.4. The van der Waals surface area contributed by atoms with Gasteiger partial charge in [-0.05, 0) is 50.9 Å². The van der Waals surface area contributed by atoms with Crippen LogP contribution in [0.25, 0.3) is 0 Å². The Bertz CT molecular complexity index is 447. The summed E-state index contributed by atoms with van der Waals surface area (Å²) in [6.07, 6.45) is 4.07. The van der Waals surface area contributed by atoms with Gasteiger partial charge in [-0.3, -0.25) is 4.79 Å². The van der Waals surface area contributed by atoms with E-state index in [9.17, 15) is 4.79 Å². The highest BCUT2D eigenvalue weighted by molar-refractivity contribution is 5.91. The first-order valence-corrected chi connectivity index (χ1v) is 7.52. The highest BCUT2D eigenvalue weighted by Gasteiger charge is 2.19. The molecular formula is C16H25N3O. The SMILES string of the molecule is CC1CCCN1CCCC(=O)Nc1ccccc1CN. The third kappa shape index (κ3) is 4.05. The Labute approximate surface area is 121 Å². The number of anilines is 1. The molecule has 1 aliphatic rings. The summed E-state index contributed by atoms with van der Waals surface area (Å²) in [5.41, 5.74) is 7.49. The van der Waals surface area contributed by atoms with E-state index in [-0.39, 0.29) is 5.91 Å². The second kappa shape index (κ2) is 7.41. The molecule has 1 unspecified atom stereocenters. The van der Waals surface area contributed by atoms with Crippen molar-refractivity contribution in [1.82, 2.24) is 4.90 Å². The fourth-order valence-electron chi connectivity index (χ4n) is 2.80. The summed E-state index contributed by atoms with van der Waals surface area (Å²) in [6, 6.07) is 8.38. The van der Waals surface area contributed by atoms with Gasteiger partial charge in [-0.25, -0.2) is 0 Å². The molecule has 0 aliphatic carbocycles. The number of nitrogens with one attached hydrogen (secondary N) is 1. The number of rotatable bonds is 6. The zero-order valence-electron chi connectivity index (χ0n) is 12.3. The van der Waals surface area contributed by atoms with Crippen LogP contribution in [-0.4, -0.2) is 29.9 Å². The summed E-state index contributed by atoms with van der Waals surface area (Å²) in [6.45, 7) is 4.91. The molecule has 4 nitrogen and oxygen atoms in total. The van der Waals surface area contributed by atoms with E-state index < -0.39 is 0 Å². The van der Waals surface area contributed by atoms with Crippen LogP contribution in [0, 0.1) is 0 Å². The number of amides is 1. The normalized spacial score (nSPS) is 19.2. The van der Waals surface area contributed by atoms with Crippen molar-refractivity contribution in [1.29, 1.82) is 0 Å². The van der Waals surface area contributed by atoms with Crippen LogP contribution in [0.1, 0.15) is 38.2 Å².